The molecule has 1 atom stereocenters. The molecule has 1 fully saturated rings. The van der Waals surface area contributed by atoms with Gasteiger partial charge in [0.05, 0.1) is 12.8 Å². The fourth-order valence-corrected chi connectivity index (χ4v) is 5.02. The number of aromatic nitrogens is 2. The van der Waals surface area contributed by atoms with Gasteiger partial charge in [0.2, 0.25) is 5.91 Å². The molecule has 3 aromatic rings. The lowest BCUT2D eigenvalue weighted by Crippen LogP contribution is -2.48. The number of hydrogen-bond donors (Lipinski definition) is 0. The van der Waals surface area contributed by atoms with Gasteiger partial charge in [-0.3, -0.25) is 4.79 Å². The Morgan fingerprint density at radius 1 is 1.00 bits per heavy atom. The number of anilines is 2. The first kappa shape index (κ1) is 22.3. The van der Waals surface area contributed by atoms with Crippen LogP contribution in [0.2, 0.25) is 0 Å². The van der Waals surface area contributed by atoms with E-state index in [0.29, 0.717) is 0 Å². The average Bonchev–Trinajstić information content (AvgIpc) is 2.89. The Morgan fingerprint density at radius 2 is 1.76 bits per heavy atom. The molecule has 0 radical (unpaired) electrons. The predicted octanol–water partition coefficient (Wildman–Crippen LogP) is 4.88. The Morgan fingerprint density at radius 3 is 2.44 bits per heavy atom. The molecule has 1 unspecified atom stereocenters. The molecular formula is C27H29FN4O2. The van der Waals surface area contributed by atoms with E-state index in [1.807, 2.05) is 41.3 Å². The highest BCUT2D eigenvalue weighted by molar-refractivity contribution is 5.97. The number of aryl methyl sites for hydroxylation is 1. The van der Waals surface area contributed by atoms with Crippen molar-refractivity contribution in [3.8, 4) is 17.0 Å². The lowest BCUT2D eigenvalue weighted by molar-refractivity contribution is -0.123. The molecule has 176 valence electrons. The molecule has 34 heavy (non-hydrogen) atoms. The molecule has 1 saturated heterocycles. The van der Waals surface area contributed by atoms with Crippen molar-refractivity contribution in [1.82, 2.24) is 10.2 Å². The maximum atomic E-state index is 13.7. The van der Waals surface area contributed by atoms with Crippen molar-refractivity contribution in [2.45, 2.75) is 38.6 Å². The molecule has 0 saturated carbocycles. The molecule has 0 N–H and O–H groups in total. The van der Waals surface area contributed by atoms with Crippen molar-refractivity contribution < 1.29 is 13.9 Å². The summed E-state index contributed by atoms with van der Waals surface area (Å²) in [6, 6.07) is 16.6. The van der Waals surface area contributed by atoms with E-state index < -0.39 is 0 Å². The number of carbonyl (C=O) groups excluding carboxylic acids is 1. The molecule has 2 aliphatic heterocycles. The van der Waals surface area contributed by atoms with Crippen LogP contribution in [0.5, 0.6) is 5.75 Å². The third-order valence-electron chi connectivity index (χ3n) is 7.02. The van der Waals surface area contributed by atoms with Crippen LogP contribution in [0.3, 0.4) is 0 Å². The highest BCUT2D eigenvalue weighted by Crippen LogP contribution is 2.34. The standard InChI is InChI=1S/C27H29FN4O2/c1-18-3-4-21-17-22(28)7-11-25(21)32(18)27(33)20-13-15-31(16-14-20)26-12-10-24(29-30-26)19-5-8-23(34-2)9-6-19/h5-12,17-18,20H,3-4,13-16H2,1-2H3. The molecule has 1 aromatic heterocycles. The number of carbonyl (C=O) groups is 1. The van der Waals surface area contributed by atoms with Gasteiger partial charge in [0.25, 0.3) is 0 Å². The van der Waals surface area contributed by atoms with Gasteiger partial charge in [-0.05, 0) is 92.8 Å². The lowest BCUT2D eigenvalue weighted by atomic mass is 9.90. The third kappa shape index (κ3) is 4.34. The highest BCUT2D eigenvalue weighted by atomic mass is 19.1. The van der Waals surface area contributed by atoms with Crippen LogP contribution >= 0.6 is 0 Å². The normalized spacial score (nSPS) is 18.5. The van der Waals surface area contributed by atoms with E-state index in [9.17, 15) is 9.18 Å². The summed E-state index contributed by atoms with van der Waals surface area (Å²) in [6.07, 6.45) is 3.19. The zero-order valence-electron chi connectivity index (χ0n) is 19.6. The number of fused-ring (bicyclic) bond motifs is 1. The fraction of sp³-hybridized carbons (Fsp3) is 0.370. The first-order chi connectivity index (χ1) is 16.5. The Balaban J connectivity index is 1.24. The minimum absolute atomic E-state index is 0.0405. The van der Waals surface area contributed by atoms with E-state index in [2.05, 4.69) is 22.0 Å². The van der Waals surface area contributed by atoms with Gasteiger partial charge in [0, 0.05) is 36.3 Å². The SMILES string of the molecule is COc1ccc(-c2ccc(N3CCC(C(=O)N4c5ccc(F)cc5CCC4C)CC3)nn2)cc1. The second-order valence-corrected chi connectivity index (χ2v) is 9.14. The van der Waals surface area contributed by atoms with Crippen molar-refractivity contribution in [3.05, 3.63) is 66.0 Å². The van der Waals surface area contributed by atoms with E-state index in [-0.39, 0.29) is 23.7 Å². The first-order valence-electron chi connectivity index (χ1n) is 11.9. The lowest BCUT2D eigenvalue weighted by Gasteiger charge is -2.39. The van der Waals surface area contributed by atoms with Gasteiger partial charge < -0.3 is 14.5 Å². The number of rotatable bonds is 4. The molecule has 7 heteroatoms. The van der Waals surface area contributed by atoms with Crippen LogP contribution in [0, 0.1) is 11.7 Å². The maximum Gasteiger partial charge on any atom is 0.230 e. The van der Waals surface area contributed by atoms with E-state index >= 15 is 0 Å². The van der Waals surface area contributed by atoms with Gasteiger partial charge in [0.15, 0.2) is 5.82 Å². The largest absolute Gasteiger partial charge is 0.497 e. The second-order valence-electron chi connectivity index (χ2n) is 9.14. The Hall–Kier alpha value is -3.48. The number of piperidine rings is 1. The van der Waals surface area contributed by atoms with E-state index in [1.165, 1.54) is 6.07 Å². The van der Waals surface area contributed by atoms with Crippen LogP contribution in [0.15, 0.2) is 54.6 Å². The summed E-state index contributed by atoms with van der Waals surface area (Å²) in [4.78, 5) is 17.6. The molecule has 0 aliphatic carbocycles. The number of hydrogen-bond acceptors (Lipinski definition) is 5. The van der Waals surface area contributed by atoms with Crippen molar-refractivity contribution in [2.75, 3.05) is 30.0 Å². The minimum atomic E-state index is -0.242. The first-order valence-corrected chi connectivity index (χ1v) is 11.9. The zero-order chi connectivity index (χ0) is 23.7. The predicted molar refractivity (Wildman–Crippen MR) is 131 cm³/mol. The quantitative estimate of drug-likeness (QED) is 0.556. The number of halogens is 1. The number of benzene rings is 2. The van der Waals surface area contributed by atoms with Crippen LogP contribution in [0.25, 0.3) is 11.3 Å². The summed E-state index contributed by atoms with van der Waals surface area (Å²) in [5.74, 6) is 1.51. The molecule has 3 heterocycles. The Kier molecular flexibility index (Phi) is 6.18. The summed E-state index contributed by atoms with van der Waals surface area (Å²) in [5, 5.41) is 8.86. The van der Waals surface area contributed by atoms with E-state index in [4.69, 9.17) is 4.74 Å². The fourth-order valence-electron chi connectivity index (χ4n) is 5.02. The summed E-state index contributed by atoms with van der Waals surface area (Å²) in [5.41, 5.74) is 3.59. The van der Waals surface area contributed by atoms with Gasteiger partial charge in [-0.25, -0.2) is 4.39 Å². The molecule has 2 aromatic carbocycles. The highest BCUT2D eigenvalue weighted by Gasteiger charge is 2.34. The minimum Gasteiger partial charge on any atom is -0.497 e. The smallest absolute Gasteiger partial charge is 0.230 e. The number of nitrogens with zero attached hydrogens (tertiary/aromatic N) is 4. The van der Waals surface area contributed by atoms with Crippen LogP contribution in [0.4, 0.5) is 15.9 Å². The van der Waals surface area contributed by atoms with E-state index in [0.717, 1.165) is 72.8 Å². The topological polar surface area (TPSA) is 58.6 Å². The van der Waals surface area contributed by atoms with Crippen molar-refractivity contribution in [2.24, 2.45) is 5.92 Å². The third-order valence-corrected chi connectivity index (χ3v) is 7.02. The molecule has 2 aliphatic rings. The summed E-state index contributed by atoms with van der Waals surface area (Å²) in [7, 11) is 1.65. The van der Waals surface area contributed by atoms with E-state index in [1.54, 1.807) is 19.2 Å². The van der Waals surface area contributed by atoms with Crippen molar-refractivity contribution in [1.29, 1.82) is 0 Å². The summed E-state index contributed by atoms with van der Waals surface area (Å²) >= 11 is 0. The molecule has 5 rings (SSSR count). The Labute approximate surface area is 199 Å². The monoisotopic (exact) mass is 460 g/mol. The molecule has 1 amide bonds. The summed E-state index contributed by atoms with van der Waals surface area (Å²) < 4.78 is 18.9. The molecule has 0 spiro atoms. The van der Waals surface area contributed by atoms with Crippen molar-refractivity contribution >= 4 is 17.4 Å². The van der Waals surface area contributed by atoms with Gasteiger partial charge >= 0.3 is 0 Å². The molecule has 0 bridgehead atoms. The van der Waals surface area contributed by atoms with Crippen LogP contribution in [-0.4, -0.2) is 42.3 Å². The van der Waals surface area contributed by atoms with Gasteiger partial charge in [-0.1, -0.05) is 0 Å². The zero-order valence-corrected chi connectivity index (χ0v) is 19.6. The molecular weight excluding hydrogens is 431 g/mol. The van der Waals surface area contributed by atoms with Gasteiger partial charge in [-0.15, -0.1) is 10.2 Å². The molecule has 6 nitrogen and oxygen atoms in total. The maximum absolute atomic E-state index is 13.7. The van der Waals surface area contributed by atoms with Gasteiger partial charge in [-0.2, -0.15) is 0 Å². The van der Waals surface area contributed by atoms with Crippen molar-refractivity contribution in [3.63, 3.8) is 0 Å². The summed E-state index contributed by atoms with van der Waals surface area (Å²) in [6.45, 7) is 3.59. The van der Waals surface area contributed by atoms with Crippen LogP contribution < -0.4 is 14.5 Å². The number of amides is 1. The number of ether oxygens (including phenoxy) is 1. The number of methoxy groups -OCH3 is 1. The van der Waals surface area contributed by atoms with Crippen LogP contribution in [-0.2, 0) is 11.2 Å². The Bertz CT molecular complexity index is 1160. The average molecular weight is 461 g/mol. The second kappa shape index (κ2) is 9.41. The van der Waals surface area contributed by atoms with Crippen LogP contribution in [0.1, 0.15) is 31.7 Å². The van der Waals surface area contributed by atoms with Gasteiger partial charge in [0.1, 0.15) is 11.6 Å².